The molecule has 0 bridgehead atoms. The predicted octanol–water partition coefficient (Wildman–Crippen LogP) is 4.31. The molecule has 5 nitrogen and oxygen atoms in total. The highest BCUT2D eigenvalue weighted by Crippen LogP contribution is 2.22. The van der Waals surface area contributed by atoms with Gasteiger partial charge in [-0.05, 0) is 54.7 Å². The van der Waals surface area contributed by atoms with Gasteiger partial charge in [0.15, 0.2) is 0 Å². The first-order valence-corrected chi connectivity index (χ1v) is 8.66. The van der Waals surface area contributed by atoms with Crippen LogP contribution in [0.5, 0.6) is 5.75 Å². The first kappa shape index (κ1) is 21.3. The van der Waals surface area contributed by atoms with Gasteiger partial charge in [-0.25, -0.2) is 0 Å². The molecule has 0 atom stereocenters. The van der Waals surface area contributed by atoms with E-state index in [1.54, 1.807) is 12.1 Å². The smallest absolute Gasteiger partial charge is 0.481 e. The molecule has 150 valence electrons. The minimum Gasteiger partial charge on any atom is -0.481 e. The van der Waals surface area contributed by atoms with Gasteiger partial charge in [0, 0.05) is 18.5 Å². The maximum Gasteiger partial charge on any atom is 0.573 e. The number of rotatable bonds is 9. The van der Waals surface area contributed by atoms with Crippen LogP contribution in [0, 0.1) is 0 Å². The van der Waals surface area contributed by atoms with Gasteiger partial charge in [0.1, 0.15) is 5.75 Å². The zero-order valence-corrected chi connectivity index (χ0v) is 15.0. The molecule has 2 aromatic carbocycles. The number of ether oxygens (including phenoxy) is 1. The minimum atomic E-state index is -4.74. The first-order valence-electron chi connectivity index (χ1n) is 8.66. The Kier molecular flexibility index (Phi) is 7.43. The van der Waals surface area contributed by atoms with Crippen LogP contribution in [0.2, 0.25) is 0 Å². The van der Waals surface area contributed by atoms with E-state index in [1.807, 2.05) is 12.1 Å². The van der Waals surface area contributed by atoms with Crippen molar-refractivity contribution in [2.24, 2.45) is 0 Å². The second kappa shape index (κ2) is 9.77. The van der Waals surface area contributed by atoms with E-state index in [9.17, 15) is 22.8 Å². The number of carboxylic acids is 1. The summed E-state index contributed by atoms with van der Waals surface area (Å²) in [5, 5.41) is 11.3. The standard InChI is InChI=1S/C20H20F3NO4/c21-20(22,23)28-17-11-7-15(8-12-17)13-24-19(27)16-9-5-14(6-10-16)3-1-2-4-18(25)26/h5-12H,1-4,13H2,(H,24,27)(H,25,26). The molecular weight excluding hydrogens is 375 g/mol. The monoisotopic (exact) mass is 395 g/mol. The number of hydrogen-bond acceptors (Lipinski definition) is 3. The lowest BCUT2D eigenvalue weighted by molar-refractivity contribution is -0.274. The van der Waals surface area contributed by atoms with Gasteiger partial charge in [0.25, 0.3) is 5.91 Å². The Hall–Kier alpha value is -3.03. The summed E-state index contributed by atoms with van der Waals surface area (Å²) in [6.07, 6.45) is -2.50. The van der Waals surface area contributed by atoms with Gasteiger partial charge in [-0.15, -0.1) is 13.2 Å². The Morgan fingerprint density at radius 2 is 1.54 bits per heavy atom. The van der Waals surface area contributed by atoms with Gasteiger partial charge in [-0.1, -0.05) is 24.3 Å². The lowest BCUT2D eigenvalue weighted by Gasteiger charge is -2.10. The van der Waals surface area contributed by atoms with Gasteiger partial charge >= 0.3 is 12.3 Å². The fraction of sp³-hybridized carbons (Fsp3) is 0.300. The molecule has 0 aliphatic rings. The van der Waals surface area contributed by atoms with E-state index >= 15 is 0 Å². The second-order valence-electron chi connectivity index (χ2n) is 6.17. The molecule has 0 aliphatic heterocycles. The Morgan fingerprint density at radius 1 is 0.929 bits per heavy atom. The van der Waals surface area contributed by atoms with Gasteiger partial charge in [0.2, 0.25) is 0 Å². The normalized spacial score (nSPS) is 11.1. The molecule has 0 heterocycles. The molecule has 0 spiro atoms. The number of hydrogen-bond donors (Lipinski definition) is 2. The van der Waals surface area contributed by atoms with E-state index < -0.39 is 12.3 Å². The lowest BCUT2D eigenvalue weighted by atomic mass is 10.0. The molecule has 0 saturated carbocycles. The molecular formula is C20H20F3NO4. The summed E-state index contributed by atoms with van der Waals surface area (Å²) in [6.45, 7) is 0.169. The molecule has 28 heavy (non-hydrogen) atoms. The molecule has 2 aromatic rings. The van der Waals surface area contributed by atoms with Crippen molar-refractivity contribution in [3.8, 4) is 5.75 Å². The third-order valence-corrected chi connectivity index (χ3v) is 3.93. The van der Waals surface area contributed by atoms with Crippen LogP contribution < -0.4 is 10.1 Å². The van der Waals surface area contributed by atoms with Crippen LogP contribution in [0.25, 0.3) is 0 Å². The number of carboxylic acid groups (broad SMARTS) is 1. The minimum absolute atomic E-state index is 0.143. The van der Waals surface area contributed by atoms with Crippen LogP contribution in [-0.2, 0) is 17.8 Å². The highest BCUT2D eigenvalue weighted by molar-refractivity contribution is 5.94. The number of aryl methyl sites for hydroxylation is 1. The number of amides is 1. The van der Waals surface area contributed by atoms with Crippen molar-refractivity contribution in [1.29, 1.82) is 0 Å². The molecule has 0 aromatic heterocycles. The fourth-order valence-corrected chi connectivity index (χ4v) is 2.52. The van der Waals surface area contributed by atoms with Crippen molar-refractivity contribution in [2.75, 3.05) is 0 Å². The molecule has 0 radical (unpaired) electrons. The van der Waals surface area contributed by atoms with Crippen LogP contribution in [-0.4, -0.2) is 23.3 Å². The van der Waals surface area contributed by atoms with Crippen molar-refractivity contribution < 1.29 is 32.6 Å². The topological polar surface area (TPSA) is 75.6 Å². The average molecular weight is 395 g/mol. The van der Waals surface area contributed by atoms with E-state index in [-0.39, 0.29) is 24.6 Å². The number of carbonyl (C=O) groups is 2. The first-order chi connectivity index (χ1) is 13.2. The van der Waals surface area contributed by atoms with E-state index in [0.29, 0.717) is 17.5 Å². The quantitative estimate of drug-likeness (QED) is 0.621. The average Bonchev–Trinajstić information content (AvgIpc) is 2.63. The summed E-state index contributed by atoms with van der Waals surface area (Å²) in [5.74, 6) is -1.43. The molecule has 0 fully saturated rings. The third kappa shape index (κ3) is 7.69. The van der Waals surface area contributed by atoms with Gasteiger partial charge in [-0.3, -0.25) is 9.59 Å². The number of alkyl halides is 3. The van der Waals surface area contributed by atoms with Crippen molar-refractivity contribution in [3.05, 3.63) is 65.2 Å². The number of benzene rings is 2. The Labute approximate surface area is 160 Å². The van der Waals surface area contributed by atoms with Crippen molar-refractivity contribution >= 4 is 11.9 Å². The van der Waals surface area contributed by atoms with Crippen LogP contribution >= 0.6 is 0 Å². The van der Waals surface area contributed by atoms with Crippen LogP contribution in [0.3, 0.4) is 0 Å². The summed E-state index contributed by atoms with van der Waals surface area (Å²) in [5.41, 5.74) is 2.12. The Morgan fingerprint density at radius 3 is 2.11 bits per heavy atom. The SMILES string of the molecule is O=C(O)CCCCc1ccc(C(=O)NCc2ccc(OC(F)(F)F)cc2)cc1. The van der Waals surface area contributed by atoms with E-state index in [1.165, 1.54) is 24.3 Å². The van der Waals surface area contributed by atoms with Gasteiger partial charge in [0.05, 0.1) is 0 Å². The number of carbonyl (C=O) groups excluding carboxylic acids is 1. The Bertz CT molecular complexity index is 787. The summed E-state index contributed by atoms with van der Waals surface area (Å²) < 4.78 is 40.2. The largest absolute Gasteiger partial charge is 0.573 e. The van der Waals surface area contributed by atoms with Gasteiger partial charge in [-0.2, -0.15) is 0 Å². The number of unbranched alkanes of at least 4 members (excludes halogenated alkanes) is 1. The van der Waals surface area contributed by atoms with E-state index in [2.05, 4.69) is 10.1 Å². The number of aliphatic carboxylic acids is 1. The molecule has 0 aliphatic carbocycles. The Balaban J connectivity index is 1.80. The zero-order valence-electron chi connectivity index (χ0n) is 15.0. The lowest BCUT2D eigenvalue weighted by Crippen LogP contribution is -2.22. The fourth-order valence-electron chi connectivity index (χ4n) is 2.52. The highest BCUT2D eigenvalue weighted by Gasteiger charge is 2.30. The van der Waals surface area contributed by atoms with Crippen molar-refractivity contribution in [3.63, 3.8) is 0 Å². The summed E-state index contributed by atoms with van der Waals surface area (Å²) in [6, 6.07) is 12.3. The second-order valence-corrected chi connectivity index (χ2v) is 6.17. The molecule has 2 rings (SSSR count). The van der Waals surface area contributed by atoms with Crippen LogP contribution in [0.15, 0.2) is 48.5 Å². The zero-order chi connectivity index (χ0) is 20.6. The van der Waals surface area contributed by atoms with Crippen molar-refractivity contribution in [1.82, 2.24) is 5.32 Å². The maximum atomic E-state index is 12.2. The summed E-state index contributed by atoms with van der Waals surface area (Å²) in [7, 11) is 0. The maximum absolute atomic E-state index is 12.2. The van der Waals surface area contributed by atoms with Crippen LogP contribution in [0.1, 0.15) is 40.7 Å². The van der Waals surface area contributed by atoms with Gasteiger partial charge < -0.3 is 15.2 Å². The van der Waals surface area contributed by atoms with Crippen molar-refractivity contribution in [2.45, 2.75) is 38.6 Å². The van der Waals surface area contributed by atoms with E-state index in [0.717, 1.165) is 18.4 Å². The highest BCUT2D eigenvalue weighted by atomic mass is 19.4. The number of halogens is 3. The molecule has 0 unspecified atom stereocenters. The summed E-state index contributed by atoms with van der Waals surface area (Å²) in [4.78, 5) is 22.6. The number of nitrogens with one attached hydrogen (secondary N) is 1. The predicted molar refractivity (Wildman–Crippen MR) is 95.9 cm³/mol. The summed E-state index contributed by atoms with van der Waals surface area (Å²) >= 11 is 0. The molecule has 1 amide bonds. The third-order valence-electron chi connectivity index (χ3n) is 3.93. The molecule has 2 N–H and O–H groups in total. The van der Waals surface area contributed by atoms with Crippen LogP contribution in [0.4, 0.5) is 13.2 Å². The van der Waals surface area contributed by atoms with E-state index in [4.69, 9.17) is 5.11 Å². The molecule has 0 saturated heterocycles. The molecule has 8 heteroatoms.